The number of benzene rings is 1. The molecule has 0 aliphatic carbocycles. The molecular weight excluding hydrogens is 320 g/mol. The Morgan fingerprint density at radius 2 is 2.17 bits per heavy atom. The summed E-state index contributed by atoms with van der Waals surface area (Å²) < 4.78 is 0.897. The van der Waals surface area contributed by atoms with Crippen molar-refractivity contribution in [3.8, 4) is 0 Å². The molecule has 23 heavy (non-hydrogen) atoms. The number of urea groups is 1. The fourth-order valence-electron chi connectivity index (χ4n) is 2.17. The zero-order chi connectivity index (χ0) is 16.4. The van der Waals surface area contributed by atoms with E-state index in [2.05, 4.69) is 20.8 Å². The molecule has 10 heteroatoms. The van der Waals surface area contributed by atoms with E-state index in [9.17, 15) is 14.4 Å². The maximum absolute atomic E-state index is 12.2. The Labute approximate surface area is 133 Å². The van der Waals surface area contributed by atoms with Gasteiger partial charge in [0.1, 0.15) is 10.9 Å². The standard InChI is InChI=1S/C13H12N6O3S/c14-17-13(22)19-18-7-5-15-11(21)10(20)9(7)12-16-6-3-1-2-4-8(6)23-12/h1-4,9H,5,14H2,(H,15,21)(H2,17,19,22). The zero-order valence-electron chi connectivity index (χ0n) is 11.7. The van der Waals surface area contributed by atoms with Gasteiger partial charge in [0.2, 0.25) is 5.78 Å². The number of nitrogens with two attached hydrogens (primary N) is 1. The third-order valence-electron chi connectivity index (χ3n) is 3.24. The second-order valence-corrected chi connectivity index (χ2v) is 5.75. The van der Waals surface area contributed by atoms with E-state index >= 15 is 0 Å². The van der Waals surface area contributed by atoms with Gasteiger partial charge in [-0.05, 0) is 12.1 Å². The van der Waals surface area contributed by atoms with Crippen LogP contribution in [0.25, 0.3) is 10.2 Å². The van der Waals surface area contributed by atoms with Gasteiger partial charge >= 0.3 is 6.03 Å². The summed E-state index contributed by atoms with van der Waals surface area (Å²) >= 11 is 1.31. The smallest absolute Gasteiger partial charge is 0.344 e. The first-order valence-corrected chi connectivity index (χ1v) is 7.42. The van der Waals surface area contributed by atoms with Gasteiger partial charge in [-0.15, -0.1) is 11.3 Å². The van der Waals surface area contributed by atoms with Crippen LogP contribution in [-0.4, -0.2) is 35.0 Å². The molecule has 9 nitrogen and oxygen atoms in total. The molecule has 1 unspecified atom stereocenters. The van der Waals surface area contributed by atoms with E-state index < -0.39 is 23.6 Å². The number of fused-ring (bicyclic) bond motifs is 1. The van der Waals surface area contributed by atoms with Crippen LogP contribution in [0.15, 0.2) is 29.4 Å². The number of Topliss-reactive ketones (excluding diaryl/α,β-unsaturated/α-hetero) is 1. The summed E-state index contributed by atoms with van der Waals surface area (Å²) in [5, 5.41) is 6.74. The summed E-state index contributed by atoms with van der Waals surface area (Å²) in [6.45, 7) is 0.0377. The Kier molecular flexibility index (Phi) is 4.00. The number of para-hydroxylation sites is 1. The number of hydrazone groups is 1. The van der Waals surface area contributed by atoms with Crippen molar-refractivity contribution in [3.63, 3.8) is 0 Å². The van der Waals surface area contributed by atoms with Crippen molar-refractivity contribution in [2.24, 2.45) is 10.9 Å². The maximum atomic E-state index is 12.2. The molecule has 3 amide bonds. The summed E-state index contributed by atoms with van der Waals surface area (Å²) in [4.78, 5) is 39.5. The molecule has 3 rings (SSSR count). The van der Waals surface area contributed by atoms with E-state index in [-0.39, 0.29) is 12.3 Å². The molecule has 0 bridgehead atoms. The van der Waals surface area contributed by atoms with E-state index in [4.69, 9.17) is 5.84 Å². The Morgan fingerprint density at radius 1 is 1.39 bits per heavy atom. The van der Waals surface area contributed by atoms with Crippen LogP contribution in [0.5, 0.6) is 0 Å². The average Bonchev–Trinajstić information content (AvgIpc) is 2.98. The highest BCUT2D eigenvalue weighted by Crippen LogP contribution is 2.30. The molecule has 0 radical (unpaired) electrons. The number of ketones is 1. The van der Waals surface area contributed by atoms with Crippen molar-refractivity contribution >= 4 is 45.0 Å². The molecule has 118 valence electrons. The van der Waals surface area contributed by atoms with Crippen LogP contribution in [0.4, 0.5) is 4.79 Å². The Hall–Kier alpha value is -2.85. The molecule has 0 saturated carbocycles. The molecule has 1 fully saturated rings. The number of hydrazine groups is 1. The molecule has 5 N–H and O–H groups in total. The highest BCUT2D eigenvalue weighted by molar-refractivity contribution is 7.19. The summed E-state index contributed by atoms with van der Waals surface area (Å²) in [5.74, 6) is 2.68. The maximum Gasteiger partial charge on any atom is 0.349 e. The van der Waals surface area contributed by atoms with Crippen molar-refractivity contribution in [2.75, 3.05) is 6.54 Å². The van der Waals surface area contributed by atoms with Gasteiger partial charge in [-0.2, -0.15) is 5.10 Å². The van der Waals surface area contributed by atoms with Crippen molar-refractivity contribution in [2.45, 2.75) is 5.92 Å². The molecule has 0 spiro atoms. The van der Waals surface area contributed by atoms with Crippen LogP contribution in [0.3, 0.4) is 0 Å². The number of amides is 3. The first-order chi connectivity index (χ1) is 11.1. The van der Waals surface area contributed by atoms with Crippen LogP contribution in [0, 0.1) is 0 Å². The fourth-order valence-corrected chi connectivity index (χ4v) is 3.26. The lowest BCUT2D eigenvalue weighted by molar-refractivity contribution is -0.138. The minimum absolute atomic E-state index is 0.0377. The van der Waals surface area contributed by atoms with Gasteiger partial charge < -0.3 is 5.32 Å². The van der Waals surface area contributed by atoms with Crippen LogP contribution >= 0.6 is 11.3 Å². The first kappa shape index (κ1) is 15.1. The molecule has 1 atom stereocenters. The fraction of sp³-hybridized carbons (Fsp3) is 0.154. The second-order valence-electron chi connectivity index (χ2n) is 4.69. The predicted octanol–water partition coefficient (Wildman–Crippen LogP) is -0.392. The van der Waals surface area contributed by atoms with E-state index in [0.29, 0.717) is 5.01 Å². The van der Waals surface area contributed by atoms with Gasteiger partial charge in [0.05, 0.1) is 22.5 Å². The lowest BCUT2D eigenvalue weighted by Gasteiger charge is -2.21. The second kappa shape index (κ2) is 6.10. The minimum Gasteiger partial charge on any atom is -0.344 e. The van der Waals surface area contributed by atoms with Gasteiger partial charge in [-0.3, -0.25) is 15.0 Å². The van der Waals surface area contributed by atoms with E-state index in [1.807, 2.05) is 29.7 Å². The number of hydrogen-bond acceptors (Lipinski definition) is 7. The SMILES string of the molecule is NNC(=O)NN=C1CNC(=O)C(=O)C1c1nc2ccccc2s1. The molecule has 2 aromatic rings. The molecule has 1 aliphatic rings. The number of carbonyl (C=O) groups is 3. The Balaban J connectivity index is 2.00. The zero-order valence-corrected chi connectivity index (χ0v) is 12.5. The van der Waals surface area contributed by atoms with Crippen LogP contribution in [0.2, 0.25) is 0 Å². The molecule has 2 heterocycles. The third kappa shape index (κ3) is 2.89. The number of piperidine rings is 1. The number of rotatable bonds is 2. The summed E-state index contributed by atoms with van der Waals surface area (Å²) in [7, 11) is 0. The van der Waals surface area contributed by atoms with Crippen molar-refractivity contribution in [1.29, 1.82) is 0 Å². The van der Waals surface area contributed by atoms with Gasteiger partial charge in [0.15, 0.2) is 0 Å². The van der Waals surface area contributed by atoms with Crippen LogP contribution in [-0.2, 0) is 9.59 Å². The molecule has 1 aliphatic heterocycles. The number of nitrogens with zero attached hydrogens (tertiary/aromatic N) is 2. The van der Waals surface area contributed by atoms with Crippen LogP contribution < -0.4 is 22.0 Å². The highest BCUT2D eigenvalue weighted by atomic mass is 32.1. The number of hydrogen-bond donors (Lipinski definition) is 4. The monoisotopic (exact) mass is 332 g/mol. The van der Waals surface area contributed by atoms with E-state index in [1.165, 1.54) is 11.3 Å². The Bertz CT molecular complexity index is 797. The lowest BCUT2D eigenvalue weighted by atomic mass is 9.94. The summed E-state index contributed by atoms with van der Waals surface area (Å²) in [6.07, 6.45) is 0. The molecular formula is C13H12N6O3S. The lowest BCUT2D eigenvalue weighted by Crippen LogP contribution is -2.49. The summed E-state index contributed by atoms with van der Waals surface area (Å²) in [6, 6.07) is 6.66. The van der Waals surface area contributed by atoms with Gasteiger partial charge in [0, 0.05) is 0 Å². The van der Waals surface area contributed by atoms with Gasteiger partial charge in [-0.1, -0.05) is 12.1 Å². The average molecular weight is 332 g/mol. The number of nitrogens with one attached hydrogen (secondary N) is 3. The molecule has 1 saturated heterocycles. The number of thiazole rings is 1. The number of aromatic nitrogens is 1. The highest BCUT2D eigenvalue weighted by Gasteiger charge is 2.38. The van der Waals surface area contributed by atoms with Gasteiger partial charge in [0.25, 0.3) is 5.91 Å². The minimum atomic E-state index is -0.917. The molecule has 1 aromatic carbocycles. The third-order valence-corrected chi connectivity index (χ3v) is 4.34. The predicted molar refractivity (Wildman–Crippen MR) is 83.7 cm³/mol. The van der Waals surface area contributed by atoms with Crippen molar-refractivity contribution in [1.82, 2.24) is 21.2 Å². The Morgan fingerprint density at radius 3 is 2.91 bits per heavy atom. The molecule has 1 aromatic heterocycles. The normalized spacial score (nSPS) is 19.7. The summed E-state index contributed by atoms with van der Waals surface area (Å²) in [5.41, 5.74) is 5.04. The van der Waals surface area contributed by atoms with E-state index in [0.717, 1.165) is 10.2 Å². The van der Waals surface area contributed by atoms with Crippen molar-refractivity contribution in [3.05, 3.63) is 29.3 Å². The number of carbonyl (C=O) groups excluding carboxylic acids is 3. The van der Waals surface area contributed by atoms with Crippen LogP contribution in [0.1, 0.15) is 10.9 Å². The van der Waals surface area contributed by atoms with Crippen molar-refractivity contribution < 1.29 is 14.4 Å². The quantitative estimate of drug-likeness (QED) is 0.257. The largest absolute Gasteiger partial charge is 0.349 e. The topological polar surface area (TPSA) is 139 Å². The first-order valence-electron chi connectivity index (χ1n) is 6.60. The van der Waals surface area contributed by atoms with E-state index in [1.54, 1.807) is 0 Å². The van der Waals surface area contributed by atoms with Gasteiger partial charge in [-0.25, -0.2) is 21.0 Å².